The van der Waals surface area contributed by atoms with Crippen molar-refractivity contribution >= 4 is 11.7 Å². The average Bonchev–Trinajstić information content (AvgIpc) is 3.15. The van der Waals surface area contributed by atoms with E-state index < -0.39 is 0 Å². The van der Waals surface area contributed by atoms with E-state index in [1.54, 1.807) is 0 Å². The van der Waals surface area contributed by atoms with Gasteiger partial charge < -0.3 is 9.88 Å². The molecule has 1 fully saturated rings. The van der Waals surface area contributed by atoms with E-state index in [2.05, 4.69) is 41.6 Å². The van der Waals surface area contributed by atoms with E-state index in [0.717, 1.165) is 36.9 Å². The summed E-state index contributed by atoms with van der Waals surface area (Å²) in [5.74, 6) is 0.657. The molecular formula is C20H32N4O. The molecular weight excluding hydrogens is 312 g/mol. The lowest BCUT2D eigenvalue weighted by atomic mass is 10.1. The number of anilines is 1. The van der Waals surface area contributed by atoms with Crippen molar-refractivity contribution in [1.29, 1.82) is 5.26 Å². The summed E-state index contributed by atoms with van der Waals surface area (Å²) < 4.78 is 2.20. The van der Waals surface area contributed by atoms with Crippen LogP contribution in [0.25, 0.3) is 0 Å². The van der Waals surface area contributed by atoms with Gasteiger partial charge in [-0.3, -0.25) is 9.69 Å². The monoisotopic (exact) mass is 344 g/mol. The number of carbonyl (C=O) groups excluding carboxylic acids is 1. The molecule has 25 heavy (non-hydrogen) atoms. The highest BCUT2D eigenvalue weighted by molar-refractivity contribution is 5.93. The van der Waals surface area contributed by atoms with Crippen molar-refractivity contribution in [1.82, 2.24) is 9.47 Å². The molecule has 2 rings (SSSR count). The molecule has 1 atom stereocenters. The predicted molar refractivity (Wildman–Crippen MR) is 102 cm³/mol. The Bertz CT molecular complexity index is 650. The maximum absolute atomic E-state index is 12.6. The van der Waals surface area contributed by atoms with Crippen LogP contribution in [0.15, 0.2) is 0 Å². The van der Waals surface area contributed by atoms with Gasteiger partial charge in [-0.15, -0.1) is 0 Å². The summed E-state index contributed by atoms with van der Waals surface area (Å²) in [7, 11) is 1.98. The minimum absolute atomic E-state index is 0.0429. The largest absolute Gasteiger partial charge is 0.327 e. The normalized spacial score (nSPS) is 16.2. The van der Waals surface area contributed by atoms with Crippen LogP contribution in [0.4, 0.5) is 5.82 Å². The molecule has 1 heterocycles. The molecule has 1 aromatic rings. The van der Waals surface area contributed by atoms with E-state index in [1.807, 2.05) is 14.0 Å². The van der Waals surface area contributed by atoms with Gasteiger partial charge in [0.1, 0.15) is 11.9 Å². The van der Waals surface area contributed by atoms with Crippen LogP contribution >= 0.6 is 0 Å². The fraction of sp³-hybridized carbons (Fsp3) is 0.700. The second-order valence-electron chi connectivity index (χ2n) is 7.46. The van der Waals surface area contributed by atoms with E-state index in [9.17, 15) is 10.1 Å². The molecule has 0 radical (unpaired) electrons. The first-order valence-corrected chi connectivity index (χ1v) is 9.52. The van der Waals surface area contributed by atoms with Crippen molar-refractivity contribution in [2.24, 2.45) is 0 Å². The molecule has 5 nitrogen and oxygen atoms in total. The van der Waals surface area contributed by atoms with E-state index in [-0.39, 0.29) is 5.91 Å². The van der Waals surface area contributed by atoms with Gasteiger partial charge in [-0.05, 0) is 52.6 Å². The number of rotatable bonds is 7. The maximum atomic E-state index is 12.6. The van der Waals surface area contributed by atoms with Crippen LogP contribution in [-0.2, 0) is 4.79 Å². The van der Waals surface area contributed by atoms with Crippen LogP contribution in [0.5, 0.6) is 0 Å². The first kappa shape index (κ1) is 19.5. The number of nitriles is 1. The molecule has 1 N–H and O–H groups in total. The number of aromatic nitrogens is 1. The van der Waals surface area contributed by atoms with E-state index >= 15 is 0 Å². The first-order valence-electron chi connectivity index (χ1n) is 9.52. The highest BCUT2D eigenvalue weighted by atomic mass is 16.2. The Morgan fingerprint density at radius 2 is 2.04 bits per heavy atom. The number of likely N-dealkylation sites (N-methyl/N-ethyl adjacent to an activating group) is 1. The molecule has 0 bridgehead atoms. The Labute approximate surface area is 152 Å². The molecule has 1 aliphatic rings. The summed E-state index contributed by atoms with van der Waals surface area (Å²) in [4.78, 5) is 14.7. The number of hydrogen-bond acceptors (Lipinski definition) is 3. The van der Waals surface area contributed by atoms with Gasteiger partial charge in [0.25, 0.3) is 0 Å². The van der Waals surface area contributed by atoms with Gasteiger partial charge in [0.2, 0.25) is 5.91 Å². The molecule has 0 aliphatic heterocycles. The Balaban J connectivity index is 2.22. The van der Waals surface area contributed by atoms with Crippen molar-refractivity contribution in [3.05, 3.63) is 16.8 Å². The SMILES string of the molecule is CCCC(C)N(C)CC(=O)Nc1c(C#N)c(C)c(C)n1C1CCCC1. The van der Waals surface area contributed by atoms with Gasteiger partial charge in [-0.1, -0.05) is 26.2 Å². The molecule has 1 aromatic heterocycles. The highest BCUT2D eigenvalue weighted by Gasteiger charge is 2.27. The predicted octanol–water partition coefficient (Wildman–Crippen LogP) is 4.15. The van der Waals surface area contributed by atoms with Gasteiger partial charge >= 0.3 is 0 Å². The Hall–Kier alpha value is -1.80. The van der Waals surface area contributed by atoms with Crippen molar-refractivity contribution in [3.8, 4) is 6.07 Å². The Kier molecular flexibility index (Phi) is 6.66. The van der Waals surface area contributed by atoms with Crippen molar-refractivity contribution in [2.75, 3.05) is 18.9 Å². The zero-order valence-electron chi connectivity index (χ0n) is 16.4. The smallest absolute Gasteiger partial charge is 0.239 e. The number of carbonyl (C=O) groups is 1. The summed E-state index contributed by atoms with van der Waals surface area (Å²) in [5.41, 5.74) is 2.70. The molecule has 138 valence electrons. The first-order chi connectivity index (χ1) is 11.9. The van der Waals surface area contributed by atoms with Crippen LogP contribution in [0.1, 0.15) is 75.2 Å². The van der Waals surface area contributed by atoms with Crippen molar-refractivity contribution in [3.63, 3.8) is 0 Å². The van der Waals surface area contributed by atoms with Crippen molar-refractivity contribution < 1.29 is 4.79 Å². The third kappa shape index (κ3) is 4.24. The summed E-state index contributed by atoms with van der Waals surface area (Å²) in [6, 6.07) is 3.07. The third-order valence-electron chi connectivity index (χ3n) is 5.67. The Morgan fingerprint density at radius 1 is 1.40 bits per heavy atom. The van der Waals surface area contributed by atoms with Crippen LogP contribution in [0, 0.1) is 25.2 Å². The number of amides is 1. The molecule has 0 spiro atoms. The molecule has 5 heteroatoms. The maximum Gasteiger partial charge on any atom is 0.239 e. The topological polar surface area (TPSA) is 61.1 Å². The zero-order valence-corrected chi connectivity index (χ0v) is 16.4. The number of nitrogens with zero attached hydrogens (tertiary/aromatic N) is 3. The fourth-order valence-corrected chi connectivity index (χ4v) is 3.90. The molecule has 0 aromatic carbocycles. The second-order valence-corrected chi connectivity index (χ2v) is 7.46. The summed E-state index contributed by atoms with van der Waals surface area (Å²) in [6.45, 7) is 8.68. The van der Waals surface area contributed by atoms with Gasteiger partial charge in [-0.2, -0.15) is 5.26 Å². The Morgan fingerprint density at radius 3 is 2.60 bits per heavy atom. The minimum atomic E-state index is -0.0429. The van der Waals surface area contributed by atoms with Crippen LogP contribution in [-0.4, -0.2) is 35.0 Å². The van der Waals surface area contributed by atoms with Crippen LogP contribution < -0.4 is 5.32 Å². The lowest BCUT2D eigenvalue weighted by Crippen LogP contribution is -2.36. The fourth-order valence-electron chi connectivity index (χ4n) is 3.90. The molecule has 0 saturated heterocycles. The second kappa shape index (κ2) is 8.53. The lowest BCUT2D eigenvalue weighted by molar-refractivity contribution is -0.117. The van der Waals surface area contributed by atoms with Gasteiger partial charge in [0, 0.05) is 17.8 Å². The van der Waals surface area contributed by atoms with Gasteiger partial charge in [-0.25, -0.2) is 0 Å². The number of nitrogens with one attached hydrogen (secondary N) is 1. The van der Waals surface area contributed by atoms with Gasteiger partial charge in [0.15, 0.2) is 0 Å². The minimum Gasteiger partial charge on any atom is -0.327 e. The summed E-state index contributed by atoms with van der Waals surface area (Å²) >= 11 is 0. The van der Waals surface area contributed by atoms with E-state index in [0.29, 0.717) is 30.0 Å². The molecule has 1 unspecified atom stereocenters. The third-order valence-corrected chi connectivity index (χ3v) is 5.67. The standard InChI is InChI=1S/C20H32N4O/c1-6-9-14(2)23(5)13-19(25)22-20-18(12-21)15(3)16(4)24(20)17-10-7-8-11-17/h14,17H,6-11,13H2,1-5H3,(H,22,25). The summed E-state index contributed by atoms with van der Waals surface area (Å²) in [6.07, 6.45) is 6.85. The van der Waals surface area contributed by atoms with E-state index in [1.165, 1.54) is 12.8 Å². The van der Waals surface area contributed by atoms with Crippen molar-refractivity contribution in [2.45, 2.75) is 78.3 Å². The quantitative estimate of drug-likeness (QED) is 0.808. The number of hydrogen-bond donors (Lipinski definition) is 1. The van der Waals surface area contributed by atoms with Gasteiger partial charge in [0.05, 0.1) is 12.1 Å². The van der Waals surface area contributed by atoms with E-state index in [4.69, 9.17) is 0 Å². The van der Waals surface area contributed by atoms with Crippen LogP contribution in [0.3, 0.4) is 0 Å². The highest BCUT2D eigenvalue weighted by Crippen LogP contribution is 2.37. The lowest BCUT2D eigenvalue weighted by Gasteiger charge is -2.24. The molecule has 1 saturated carbocycles. The zero-order chi connectivity index (χ0) is 18.6. The van der Waals surface area contributed by atoms with Crippen LogP contribution in [0.2, 0.25) is 0 Å². The average molecular weight is 345 g/mol. The summed E-state index contributed by atoms with van der Waals surface area (Å²) in [5, 5.41) is 12.7. The molecule has 1 aliphatic carbocycles. The molecule has 1 amide bonds.